The summed E-state index contributed by atoms with van der Waals surface area (Å²) >= 11 is 0. The molecule has 0 bridgehead atoms. The second kappa shape index (κ2) is 9.08. The molecule has 0 unspecified atom stereocenters. The van der Waals surface area contributed by atoms with Gasteiger partial charge in [0.15, 0.2) is 0 Å². The van der Waals surface area contributed by atoms with Gasteiger partial charge in [-0.3, -0.25) is 9.10 Å². The standard InChI is InChI=1S/C23H32N2O4S/c1-16-8-13-21(29-6)20(14-16)25(30(7,27)28)15-22(26)24-17(2)18-9-11-19(12-10-18)23(3,4)5/h8-14,17H,15H2,1-7H3,(H,24,26)/t17-/m1/s1. The van der Waals surface area contributed by atoms with Crippen LogP contribution in [-0.2, 0) is 20.2 Å². The molecule has 0 aliphatic heterocycles. The summed E-state index contributed by atoms with van der Waals surface area (Å²) < 4.78 is 31.2. The lowest BCUT2D eigenvalue weighted by molar-refractivity contribution is -0.120. The molecule has 0 saturated carbocycles. The highest BCUT2D eigenvalue weighted by atomic mass is 32.2. The third-order valence-electron chi connectivity index (χ3n) is 4.94. The first-order valence-electron chi connectivity index (χ1n) is 9.85. The van der Waals surface area contributed by atoms with E-state index < -0.39 is 15.9 Å². The Morgan fingerprint density at radius 2 is 1.73 bits per heavy atom. The van der Waals surface area contributed by atoms with Gasteiger partial charge in [0, 0.05) is 0 Å². The van der Waals surface area contributed by atoms with E-state index in [0.717, 1.165) is 21.7 Å². The first kappa shape index (κ1) is 23.7. The Balaban J connectivity index is 2.20. The van der Waals surface area contributed by atoms with Crippen molar-refractivity contribution in [2.75, 3.05) is 24.2 Å². The number of ether oxygens (including phenoxy) is 1. The predicted octanol–water partition coefficient (Wildman–Crippen LogP) is 3.94. The molecule has 0 spiro atoms. The number of hydrogen-bond acceptors (Lipinski definition) is 4. The van der Waals surface area contributed by atoms with Gasteiger partial charge in [0.1, 0.15) is 12.3 Å². The molecule has 1 amide bonds. The minimum Gasteiger partial charge on any atom is -0.495 e. The number of rotatable bonds is 7. The Hall–Kier alpha value is -2.54. The minimum absolute atomic E-state index is 0.0495. The second-order valence-corrected chi connectivity index (χ2v) is 10.5. The Morgan fingerprint density at radius 1 is 1.13 bits per heavy atom. The van der Waals surface area contributed by atoms with E-state index in [-0.39, 0.29) is 18.0 Å². The van der Waals surface area contributed by atoms with Crippen LogP contribution in [0.25, 0.3) is 0 Å². The summed E-state index contributed by atoms with van der Waals surface area (Å²) in [5, 5.41) is 2.89. The van der Waals surface area contributed by atoms with Gasteiger partial charge in [-0.25, -0.2) is 8.42 Å². The van der Waals surface area contributed by atoms with Gasteiger partial charge in [-0.15, -0.1) is 0 Å². The van der Waals surface area contributed by atoms with Gasteiger partial charge in [-0.05, 0) is 48.1 Å². The van der Waals surface area contributed by atoms with E-state index in [1.165, 1.54) is 12.7 Å². The molecule has 2 aromatic rings. The number of aryl methyl sites for hydroxylation is 1. The molecule has 0 aliphatic carbocycles. The molecule has 30 heavy (non-hydrogen) atoms. The number of sulfonamides is 1. The summed E-state index contributed by atoms with van der Waals surface area (Å²) in [6.07, 6.45) is 1.08. The van der Waals surface area contributed by atoms with Gasteiger partial charge in [-0.2, -0.15) is 0 Å². The fourth-order valence-electron chi connectivity index (χ4n) is 3.15. The molecule has 2 aromatic carbocycles. The fourth-order valence-corrected chi connectivity index (χ4v) is 4.00. The van der Waals surface area contributed by atoms with Crippen molar-refractivity contribution in [2.24, 2.45) is 0 Å². The van der Waals surface area contributed by atoms with Crippen LogP contribution in [0.15, 0.2) is 42.5 Å². The first-order chi connectivity index (χ1) is 13.8. The van der Waals surface area contributed by atoms with Crippen molar-refractivity contribution in [2.45, 2.75) is 46.1 Å². The highest BCUT2D eigenvalue weighted by molar-refractivity contribution is 7.92. The Kier molecular flexibility index (Phi) is 7.18. The van der Waals surface area contributed by atoms with Crippen molar-refractivity contribution in [3.05, 3.63) is 59.2 Å². The van der Waals surface area contributed by atoms with E-state index in [9.17, 15) is 13.2 Å². The average molecular weight is 433 g/mol. The zero-order chi connectivity index (χ0) is 22.7. The summed E-state index contributed by atoms with van der Waals surface area (Å²) in [4.78, 5) is 12.7. The molecule has 7 heteroatoms. The zero-order valence-corrected chi connectivity index (χ0v) is 19.6. The maximum absolute atomic E-state index is 12.7. The van der Waals surface area contributed by atoms with E-state index in [2.05, 4.69) is 38.2 Å². The monoisotopic (exact) mass is 432 g/mol. The highest BCUT2D eigenvalue weighted by Crippen LogP contribution is 2.31. The third kappa shape index (κ3) is 5.98. The molecule has 1 atom stereocenters. The molecule has 0 fully saturated rings. The average Bonchev–Trinajstić information content (AvgIpc) is 2.64. The van der Waals surface area contributed by atoms with Crippen molar-refractivity contribution in [1.82, 2.24) is 5.32 Å². The van der Waals surface area contributed by atoms with Crippen LogP contribution in [0.4, 0.5) is 5.69 Å². The highest BCUT2D eigenvalue weighted by Gasteiger charge is 2.25. The summed E-state index contributed by atoms with van der Waals surface area (Å²) in [5.41, 5.74) is 3.42. The normalized spacial score (nSPS) is 12.9. The van der Waals surface area contributed by atoms with Crippen LogP contribution >= 0.6 is 0 Å². The van der Waals surface area contributed by atoms with Crippen LogP contribution in [0.5, 0.6) is 5.75 Å². The van der Waals surface area contributed by atoms with Crippen molar-refractivity contribution < 1.29 is 17.9 Å². The van der Waals surface area contributed by atoms with E-state index in [1.54, 1.807) is 12.1 Å². The number of methoxy groups -OCH3 is 1. The van der Waals surface area contributed by atoms with Crippen molar-refractivity contribution in [1.29, 1.82) is 0 Å². The van der Waals surface area contributed by atoms with Crippen LogP contribution in [0, 0.1) is 6.92 Å². The summed E-state index contributed by atoms with van der Waals surface area (Å²) in [6, 6.07) is 13.0. The molecule has 0 saturated heterocycles. The molecule has 1 N–H and O–H groups in total. The third-order valence-corrected chi connectivity index (χ3v) is 6.07. The summed E-state index contributed by atoms with van der Waals surface area (Å²) in [6.45, 7) is 9.84. The van der Waals surface area contributed by atoms with Crippen LogP contribution < -0.4 is 14.4 Å². The van der Waals surface area contributed by atoms with Gasteiger partial charge < -0.3 is 10.1 Å². The van der Waals surface area contributed by atoms with Crippen LogP contribution in [0.1, 0.15) is 50.4 Å². The lowest BCUT2D eigenvalue weighted by Crippen LogP contribution is -2.41. The quantitative estimate of drug-likeness (QED) is 0.719. The van der Waals surface area contributed by atoms with E-state index in [0.29, 0.717) is 11.4 Å². The lowest BCUT2D eigenvalue weighted by Gasteiger charge is -2.25. The number of carbonyl (C=O) groups is 1. The van der Waals surface area contributed by atoms with Crippen molar-refractivity contribution in [3.8, 4) is 5.75 Å². The van der Waals surface area contributed by atoms with Crippen LogP contribution in [-0.4, -0.2) is 34.2 Å². The van der Waals surface area contributed by atoms with Gasteiger partial charge in [0.2, 0.25) is 15.9 Å². The van der Waals surface area contributed by atoms with Gasteiger partial charge in [0.05, 0.1) is 25.1 Å². The fraction of sp³-hybridized carbons (Fsp3) is 0.435. The number of nitrogens with one attached hydrogen (secondary N) is 1. The van der Waals surface area contributed by atoms with Crippen molar-refractivity contribution in [3.63, 3.8) is 0 Å². The molecular formula is C23H32N2O4S. The molecule has 0 radical (unpaired) electrons. The van der Waals surface area contributed by atoms with Gasteiger partial charge in [0.25, 0.3) is 0 Å². The Bertz CT molecular complexity index is 993. The van der Waals surface area contributed by atoms with E-state index >= 15 is 0 Å². The molecule has 164 valence electrons. The first-order valence-corrected chi connectivity index (χ1v) is 11.7. The molecule has 2 rings (SSSR count). The Labute approximate surface area is 180 Å². The number of benzene rings is 2. The predicted molar refractivity (Wildman–Crippen MR) is 122 cm³/mol. The maximum Gasteiger partial charge on any atom is 0.241 e. The van der Waals surface area contributed by atoms with Crippen LogP contribution in [0.3, 0.4) is 0 Å². The SMILES string of the molecule is COc1ccc(C)cc1N(CC(=O)N[C@H](C)c1ccc(C(C)(C)C)cc1)S(C)(=O)=O. The number of carbonyl (C=O) groups excluding carboxylic acids is 1. The minimum atomic E-state index is -3.69. The number of amides is 1. The molecule has 6 nitrogen and oxygen atoms in total. The molecule has 0 aliphatic rings. The smallest absolute Gasteiger partial charge is 0.241 e. The topological polar surface area (TPSA) is 75.7 Å². The summed E-state index contributed by atoms with van der Waals surface area (Å²) in [5.74, 6) is 0.000949. The largest absolute Gasteiger partial charge is 0.495 e. The second-order valence-electron chi connectivity index (χ2n) is 8.61. The molecule has 0 heterocycles. The van der Waals surface area contributed by atoms with Crippen molar-refractivity contribution >= 4 is 21.6 Å². The molecular weight excluding hydrogens is 400 g/mol. The van der Waals surface area contributed by atoms with Gasteiger partial charge in [-0.1, -0.05) is 51.1 Å². The summed E-state index contributed by atoms with van der Waals surface area (Å²) in [7, 11) is -2.22. The zero-order valence-electron chi connectivity index (χ0n) is 18.8. The number of nitrogens with zero attached hydrogens (tertiary/aromatic N) is 1. The maximum atomic E-state index is 12.7. The van der Waals surface area contributed by atoms with E-state index in [1.807, 2.05) is 32.0 Å². The van der Waals surface area contributed by atoms with Gasteiger partial charge >= 0.3 is 0 Å². The number of anilines is 1. The Morgan fingerprint density at radius 3 is 2.23 bits per heavy atom. The van der Waals surface area contributed by atoms with Crippen LogP contribution in [0.2, 0.25) is 0 Å². The molecule has 0 aromatic heterocycles. The lowest BCUT2D eigenvalue weighted by atomic mass is 9.86. The number of hydrogen-bond donors (Lipinski definition) is 1. The van der Waals surface area contributed by atoms with E-state index in [4.69, 9.17) is 4.74 Å².